The standard InChI is InChI=1S/C20H18N4O2S/c1-20(2)14-6-4-5-7-16(14)23(3)18(20)10-11-21-19-22-15-9-8-13(24(25)26)12-17(15)27-19/h4-12H,1-3H3. The highest BCUT2D eigenvalue weighted by Gasteiger charge is 2.37. The van der Waals surface area contributed by atoms with Crippen LogP contribution in [0.15, 0.2) is 59.2 Å². The zero-order valence-electron chi connectivity index (χ0n) is 15.2. The number of non-ortho nitro benzene ring substituents is 1. The van der Waals surface area contributed by atoms with Crippen LogP contribution < -0.4 is 4.90 Å². The molecule has 1 aliphatic rings. The Morgan fingerprint density at radius 3 is 2.78 bits per heavy atom. The number of fused-ring (bicyclic) bond motifs is 2. The number of thiazole rings is 1. The zero-order chi connectivity index (χ0) is 19.2. The maximum absolute atomic E-state index is 10.9. The lowest BCUT2D eigenvalue weighted by atomic mass is 9.84. The van der Waals surface area contributed by atoms with Gasteiger partial charge in [-0.1, -0.05) is 43.4 Å². The van der Waals surface area contributed by atoms with Crippen molar-refractivity contribution in [2.75, 3.05) is 11.9 Å². The number of nitro groups is 1. The van der Waals surface area contributed by atoms with E-state index in [1.54, 1.807) is 12.3 Å². The number of aromatic nitrogens is 1. The van der Waals surface area contributed by atoms with Crippen LogP contribution in [0.1, 0.15) is 19.4 Å². The van der Waals surface area contributed by atoms with Gasteiger partial charge in [0.15, 0.2) is 0 Å². The van der Waals surface area contributed by atoms with Crippen LogP contribution in [-0.2, 0) is 5.41 Å². The highest BCUT2D eigenvalue weighted by Crippen LogP contribution is 2.46. The number of anilines is 1. The number of hydrogen-bond donors (Lipinski definition) is 0. The fourth-order valence-corrected chi connectivity index (χ4v) is 4.40. The number of rotatable bonds is 3. The van der Waals surface area contributed by atoms with Gasteiger partial charge >= 0.3 is 0 Å². The third kappa shape index (κ3) is 2.90. The molecule has 4 rings (SSSR count). The Bertz CT molecular complexity index is 1110. The Hall–Kier alpha value is -3.06. The molecule has 0 fully saturated rings. The number of nitro benzene ring substituents is 1. The van der Waals surface area contributed by atoms with Crippen LogP contribution in [0.3, 0.4) is 0 Å². The van der Waals surface area contributed by atoms with Gasteiger partial charge in [-0.25, -0.2) is 9.98 Å². The number of hydrogen-bond acceptors (Lipinski definition) is 6. The summed E-state index contributed by atoms with van der Waals surface area (Å²) >= 11 is 1.34. The average Bonchev–Trinajstić information content (AvgIpc) is 3.13. The van der Waals surface area contributed by atoms with Crippen molar-refractivity contribution >= 4 is 44.3 Å². The molecule has 1 aliphatic heterocycles. The van der Waals surface area contributed by atoms with Gasteiger partial charge in [0.2, 0.25) is 5.13 Å². The number of likely N-dealkylation sites (N-methyl/N-ethyl adjacent to an activating group) is 1. The molecule has 6 nitrogen and oxygen atoms in total. The summed E-state index contributed by atoms with van der Waals surface area (Å²) in [5.41, 5.74) is 4.33. The molecular formula is C20H18N4O2S. The van der Waals surface area contributed by atoms with Crippen molar-refractivity contribution < 1.29 is 4.92 Å². The number of nitrogens with zero attached hydrogens (tertiary/aromatic N) is 4. The predicted octanol–water partition coefficient (Wildman–Crippen LogP) is 5.22. The molecule has 0 saturated carbocycles. The first kappa shape index (κ1) is 17.4. The van der Waals surface area contributed by atoms with Gasteiger partial charge in [0, 0.05) is 42.2 Å². The summed E-state index contributed by atoms with van der Waals surface area (Å²) in [5, 5.41) is 11.5. The fourth-order valence-electron chi connectivity index (χ4n) is 3.54. The molecule has 1 aromatic heterocycles. The smallest absolute Gasteiger partial charge is 0.270 e. The monoisotopic (exact) mass is 378 g/mol. The summed E-state index contributed by atoms with van der Waals surface area (Å²) in [4.78, 5) is 21.6. The fraction of sp³-hybridized carbons (Fsp3) is 0.200. The largest absolute Gasteiger partial charge is 0.347 e. The first-order chi connectivity index (χ1) is 12.9. The topological polar surface area (TPSA) is 71.6 Å². The lowest BCUT2D eigenvalue weighted by molar-refractivity contribution is -0.384. The number of para-hydroxylation sites is 1. The molecule has 2 heterocycles. The lowest BCUT2D eigenvalue weighted by Crippen LogP contribution is -2.22. The van der Waals surface area contributed by atoms with Crippen molar-refractivity contribution in [1.29, 1.82) is 0 Å². The molecular weight excluding hydrogens is 360 g/mol. The van der Waals surface area contributed by atoms with Gasteiger partial charge in [-0.2, -0.15) is 0 Å². The highest BCUT2D eigenvalue weighted by molar-refractivity contribution is 7.22. The molecule has 0 spiro atoms. The number of allylic oxidation sites excluding steroid dienone is 2. The van der Waals surface area contributed by atoms with Crippen molar-refractivity contribution in [2.24, 2.45) is 4.99 Å². The molecule has 0 amide bonds. The quantitative estimate of drug-likeness (QED) is 0.356. The van der Waals surface area contributed by atoms with E-state index < -0.39 is 4.92 Å². The van der Waals surface area contributed by atoms with E-state index in [2.05, 4.69) is 54.0 Å². The van der Waals surface area contributed by atoms with Crippen LogP contribution in [0.4, 0.5) is 16.5 Å². The molecule has 0 radical (unpaired) electrons. The minimum atomic E-state index is -0.401. The summed E-state index contributed by atoms with van der Waals surface area (Å²) in [6.07, 6.45) is 3.76. The Morgan fingerprint density at radius 2 is 2.04 bits per heavy atom. The first-order valence-corrected chi connectivity index (χ1v) is 9.32. The summed E-state index contributed by atoms with van der Waals surface area (Å²) in [7, 11) is 2.06. The summed E-state index contributed by atoms with van der Waals surface area (Å²) in [6, 6.07) is 13.0. The van der Waals surface area contributed by atoms with Gasteiger partial charge < -0.3 is 4.90 Å². The van der Waals surface area contributed by atoms with Crippen LogP contribution in [-0.4, -0.2) is 23.2 Å². The van der Waals surface area contributed by atoms with E-state index in [0.717, 1.165) is 15.9 Å². The molecule has 27 heavy (non-hydrogen) atoms. The third-order valence-electron chi connectivity index (χ3n) is 4.93. The van der Waals surface area contributed by atoms with Gasteiger partial charge in [-0.15, -0.1) is 0 Å². The third-order valence-corrected chi connectivity index (χ3v) is 5.86. The summed E-state index contributed by atoms with van der Waals surface area (Å²) in [5.74, 6) is 0. The van der Waals surface area contributed by atoms with Gasteiger partial charge in [-0.05, 0) is 23.8 Å². The lowest BCUT2D eigenvalue weighted by Gasteiger charge is -2.23. The SMILES string of the molecule is CN1C(=CC=Nc2nc3ccc([N+](=O)[O-])cc3s2)C(C)(C)c2ccccc21. The minimum absolute atomic E-state index is 0.0656. The van der Waals surface area contributed by atoms with E-state index in [1.807, 2.05) is 12.1 Å². The van der Waals surface area contributed by atoms with E-state index in [9.17, 15) is 10.1 Å². The van der Waals surface area contributed by atoms with E-state index in [4.69, 9.17) is 0 Å². The number of aliphatic imine (C=N–C) groups is 1. The molecule has 0 saturated heterocycles. The van der Waals surface area contributed by atoms with Crippen LogP contribution in [0.25, 0.3) is 10.2 Å². The average molecular weight is 378 g/mol. The van der Waals surface area contributed by atoms with Crippen molar-refractivity contribution in [3.63, 3.8) is 0 Å². The second-order valence-electron chi connectivity index (χ2n) is 6.94. The van der Waals surface area contributed by atoms with Crippen molar-refractivity contribution in [2.45, 2.75) is 19.3 Å². The molecule has 2 aromatic carbocycles. The van der Waals surface area contributed by atoms with E-state index in [-0.39, 0.29) is 11.1 Å². The second kappa shape index (κ2) is 6.28. The Labute approximate surface area is 160 Å². The first-order valence-electron chi connectivity index (χ1n) is 8.51. The maximum atomic E-state index is 10.9. The predicted molar refractivity (Wildman–Crippen MR) is 110 cm³/mol. The van der Waals surface area contributed by atoms with Gasteiger partial charge in [0.25, 0.3) is 5.69 Å². The normalized spacial score (nSPS) is 17.1. The Morgan fingerprint density at radius 1 is 1.26 bits per heavy atom. The van der Waals surface area contributed by atoms with Crippen molar-refractivity contribution in [1.82, 2.24) is 4.98 Å². The molecule has 0 aliphatic carbocycles. The van der Waals surface area contributed by atoms with Crippen LogP contribution in [0.5, 0.6) is 0 Å². The Kier molecular flexibility index (Phi) is 4.04. The van der Waals surface area contributed by atoms with E-state index in [0.29, 0.717) is 5.13 Å². The van der Waals surface area contributed by atoms with Gasteiger partial charge in [0.05, 0.1) is 15.1 Å². The molecule has 136 valence electrons. The highest BCUT2D eigenvalue weighted by atomic mass is 32.1. The molecule has 0 bridgehead atoms. The Balaban J connectivity index is 1.64. The summed E-state index contributed by atoms with van der Waals surface area (Å²) in [6.45, 7) is 4.40. The van der Waals surface area contributed by atoms with Crippen LogP contribution >= 0.6 is 11.3 Å². The minimum Gasteiger partial charge on any atom is -0.347 e. The molecule has 3 aromatic rings. The van der Waals surface area contributed by atoms with E-state index >= 15 is 0 Å². The maximum Gasteiger partial charge on any atom is 0.270 e. The number of benzene rings is 2. The van der Waals surface area contributed by atoms with Crippen LogP contribution in [0.2, 0.25) is 0 Å². The molecule has 0 N–H and O–H groups in total. The van der Waals surface area contributed by atoms with E-state index in [1.165, 1.54) is 34.7 Å². The van der Waals surface area contributed by atoms with Crippen LogP contribution in [0, 0.1) is 10.1 Å². The second-order valence-corrected chi connectivity index (χ2v) is 7.95. The zero-order valence-corrected chi connectivity index (χ0v) is 16.0. The van der Waals surface area contributed by atoms with Gasteiger partial charge in [-0.3, -0.25) is 10.1 Å². The van der Waals surface area contributed by atoms with Crippen molar-refractivity contribution in [3.05, 3.63) is 69.9 Å². The van der Waals surface area contributed by atoms with Gasteiger partial charge in [0.1, 0.15) is 0 Å². The molecule has 7 heteroatoms. The molecule has 0 unspecified atom stereocenters. The summed E-state index contributed by atoms with van der Waals surface area (Å²) < 4.78 is 0.759. The van der Waals surface area contributed by atoms with Crippen molar-refractivity contribution in [3.8, 4) is 0 Å². The molecule has 0 atom stereocenters.